The molecule has 0 saturated heterocycles. The van der Waals surface area contributed by atoms with E-state index in [-0.39, 0.29) is 6.04 Å². The summed E-state index contributed by atoms with van der Waals surface area (Å²) in [6.07, 6.45) is 2.72. The maximum absolute atomic E-state index is 11.4. The molecule has 10 heteroatoms. The first-order valence-electron chi connectivity index (χ1n) is 8.97. The van der Waals surface area contributed by atoms with Gasteiger partial charge in [-0.2, -0.15) is 12.7 Å². The van der Waals surface area contributed by atoms with Gasteiger partial charge >= 0.3 is 10.3 Å². The highest BCUT2D eigenvalue weighted by Gasteiger charge is 2.40. The molecule has 9 nitrogen and oxygen atoms in total. The zero-order chi connectivity index (χ0) is 20.6. The number of hydrogen-bond acceptors (Lipinski definition) is 6. The quantitative estimate of drug-likeness (QED) is 0.486. The highest BCUT2D eigenvalue weighted by Crippen LogP contribution is 2.35. The molecule has 3 atom stereocenters. The average molecular weight is 413 g/mol. The topological polar surface area (TPSA) is 121 Å². The summed E-state index contributed by atoms with van der Waals surface area (Å²) in [7, 11) is -3.14. The third kappa shape index (κ3) is 3.86. The van der Waals surface area contributed by atoms with Crippen LogP contribution >= 0.6 is 0 Å². The van der Waals surface area contributed by atoms with Crippen molar-refractivity contribution in [2.75, 3.05) is 7.05 Å². The van der Waals surface area contributed by atoms with Crippen LogP contribution in [0.15, 0.2) is 43.0 Å². The summed E-state index contributed by atoms with van der Waals surface area (Å²) in [4.78, 5) is 12.9. The van der Waals surface area contributed by atoms with Gasteiger partial charge in [0.1, 0.15) is 17.5 Å². The largest absolute Gasteiger partial charge is 0.391 e. The molecular weight excluding hydrogens is 394 g/mol. The molecule has 1 aliphatic carbocycles. The molecule has 0 radical (unpaired) electrons. The van der Waals surface area contributed by atoms with Gasteiger partial charge in [-0.1, -0.05) is 24.1 Å². The molecule has 2 aromatic heterocycles. The van der Waals surface area contributed by atoms with Crippen LogP contribution in [0.2, 0.25) is 0 Å². The highest BCUT2D eigenvalue weighted by molar-refractivity contribution is 7.83. The molecule has 3 aromatic rings. The summed E-state index contributed by atoms with van der Waals surface area (Å²) in [5, 5.41) is 10.3. The maximum Gasteiger partial charge on any atom is 0.335 e. The van der Waals surface area contributed by atoms with E-state index in [0.29, 0.717) is 29.7 Å². The summed E-state index contributed by atoms with van der Waals surface area (Å²) in [5.74, 6) is 6.06. The van der Waals surface area contributed by atoms with E-state index in [0.717, 1.165) is 9.87 Å². The van der Waals surface area contributed by atoms with E-state index in [2.05, 4.69) is 26.8 Å². The average Bonchev–Trinajstić information content (AvgIpc) is 3.29. The molecule has 2 heterocycles. The van der Waals surface area contributed by atoms with Crippen LogP contribution in [0.3, 0.4) is 0 Å². The van der Waals surface area contributed by atoms with Crippen LogP contribution in [0.5, 0.6) is 0 Å². The van der Waals surface area contributed by atoms with E-state index in [1.165, 1.54) is 13.4 Å². The molecule has 0 unspecified atom stereocenters. The van der Waals surface area contributed by atoms with Gasteiger partial charge < -0.3 is 9.67 Å². The van der Waals surface area contributed by atoms with Gasteiger partial charge in [-0.05, 0) is 30.9 Å². The SMILES string of the molecule is CN([C@@H]1C[C@@H](n2cnc3c(C#Cc4ccccc4)ncnc32)C[C@@H]1O)S(=O)(=O)O. The Morgan fingerprint density at radius 1 is 1.14 bits per heavy atom. The van der Waals surface area contributed by atoms with E-state index in [1.54, 1.807) is 10.9 Å². The monoisotopic (exact) mass is 413 g/mol. The number of aliphatic hydroxyl groups is 1. The first-order valence-corrected chi connectivity index (χ1v) is 10.4. The fraction of sp³-hybridized carbons (Fsp3) is 0.316. The molecule has 1 aliphatic rings. The fourth-order valence-electron chi connectivity index (χ4n) is 3.62. The van der Waals surface area contributed by atoms with E-state index in [1.807, 2.05) is 30.3 Å². The third-order valence-electron chi connectivity index (χ3n) is 5.15. The Hall–Kier alpha value is -2.84. The third-order valence-corrected chi connectivity index (χ3v) is 6.15. The molecule has 4 rings (SSSR count). The number of likely N-dealkylation sites (N-methyl/N-ethyl adjacent to an activating group) is 1. The Labute approximate surface area is 167 Å². The van der Waals surface area contributed by atoms with Crippen molar-refractivity contribution in [1.82, 2.24) is 23.8 Å². The van der Waals surface area contributed by atoms with Crippen molar-refractivity contribution in [3.05, 3.63) is 54.2 Å². The van der Waals surface area contributed by atoms with Crippen LogP contribution in [0.4, 0.5) is 0 Å². The van der Waals surface area contributed by atoms with Gasteiger partial charge in [0.25, 0.3) is 0 Å². The number of aliphatic hydroxyl groups excluding tert-OH is 1. The zero-order valence-corrected chi connectivity index (χ0v) is 16.4. The molecule has 1 saturated carbocycles. The van der Waals surface area contributed by atoms with Crippen molar-refractivity contribution in [2.45, 2.75) is 31.0 Å². The van der Waals surface area contributed by atoms with Crippen LogP contribution in [-0.2, 0) is 10.3 Å². The van der Waals surface area contributed by atoms with Crippen molar-refractivity contribution < 1.29 is 18.1 Å². The first-order chi connectivity index (χ1) is 13.8. The van der Waals surface area contributed by atoms with Crippen LogP contribution in [-0.4, -0.2) is 61.1 Å². The van der Waals surface area contributed by atoms with Crippen molar-refractivity contribution in [3.63, 3.8) is 0 Å². The predicted octanol–water partition coefficient (Wildman–Crippen LogP) is 1.03. The Morgan fingerprint density at radius 2 is 1.90 bits per heavy atom. The fourth-order valence-corrected chi connectivity index (χ4v) is 4.19. The molecular formula is C19H19N5O4S. The molecule has 0 amide bonds. The van der Waals surface area contributed by atoms with Gasteiger partial charge in [0.2, 0.25) is 0 Å². The van der Waals surface area contributed by atoms with Crippen molar-refractivity contribution >= 4 is 21.5 Å². The molecule has 0 bridgehead atoms. The molecule has 2 N–H and O–H groups in total. The second kappa shape index (κ2) is 7.53. The standard InChI is InChI=1S/C19H19N5O4S/c1-23(29(26,27)28)16-9-14(10-17(16)25)24-12-22-18-15(20-11-21-19(18)24)8-7-13-5-3-2-4-6-13/h2-6,11-12,14,16-17,25H,9-10H2,1H3,(H,26,27,28)/t14-,16-,17+/m1/s1. The highest BCUT2D eigenvalue weighted by atomic mass is 32.2. The molecule has 0 aliphatic heterocycles. The number of rotatable bonds is 3. The molecule has 1 aromatic carbocycles. The van der Waals surface area contributed by atoms with E-state index < -0.39 is 22.4 Å². The molecule has 1 fully saturated rings. The maximum atomic E-state index is 11.4. The van der Waals surface area contributed by atoms with E-state index >= 15 is 0 Å². The van der Waals surface area contributed by atoms with Gasteiger partial charge in [0.15, 0.2) is 5.65 Å². The molecule has 29 heavy (non-hydrogen) atoms. The van der Waals surface area contributed by atoms with Gasteiger partial charge in [0.05, 0.1) is 18.5 Å². The number of aromatic nitrogens is 4. The van der Waals surface area contributed by atoms with Crippen molar-refractivity contribution in [2.24, 2.45) is 0 Å². The van der Waals surface area contributed by atoms with Gasteiger partial charge in [0, 0.05) is 18.7 Å². The molecule has 0 spiro atoms. The summed E-state index contributed by atoms with van der Waals surface area (Å²) in [6, 6.07) is 8.56. The van der Waals surface area contributed by atoms with Crippen LogP contribution in [0.25, 0.3) is 11.2 Å². The van der Waals surface area contributed by atoms with Crippen LogP contribution in [0.1, 0.15) is 30.1 Å². The van der Waals surface area contributed by atoms with E-state index in [4.69, 9.17) is 0 Å². The number of benzene rings is 1. The molecule has 150 valence electrons. The van der Waals surface area contributed by atoms with Crippen molar-refractivity contribution in [3.8, 4) is 11.8 Å². The Kier molecular flexibility index (Phi) is 5.06. The number of fused-ring (bicyclic) bond motifs is 1. The van der Waals surface area contributed by atoms with Gasteiger partial charge in [-0.25, -0.2) is 15.0 Å². The van der Waals surface area contributed by atoms with Gasteiger partial charge in [-0.3, -0.25) is 4.55 Å². The Bertz CT molecular complexity index is 1200. The second-order valence-electron chi connectivity index (χ2n) is 6.92. The van der Waals surface area contributed by atoms with Crippen LogP contribution in [0, 0.1) is 11.8 Å². The van der Waals surface area contributed by atoms with Crippen molar-refractivity contribution in [1.29, 1.82) is 0 Å². The number of hydrogen-bond donors (Lipinski definition) is 2. The summed E-state index contributed by atoms with van der Waals surface area (Å²) in [6.45, 7) is 0. The minimum Gasteiger partial charge on any atom is -0.391 e. The summed E-state index contributed by atoms with van der Waals surface area (Å²) in [5.41, 5.74) is 2.44. The van der Waals surface area contributed by atoms with Crippen LogP contribution < -0.4 is 0 Å². The minimum absolute atomic E-state index is 0.228. The summed E-state index contributed by atoms with van der Waals surface area (Å²) >= 11 is 0. The lowest BCUT2D eigenvalue weighted by molar-refractivity contribution is 0.117. The number of nitrogens with zero attached hydrogens (tertiary/aromatic N) is 5. The Morgan fingerprint density at radius 3 is 2.62 bits per heavy atom. The minimum atomic E-state index is -4.39. The first kappa shape index (κ1) is 19.5. The Balaban J connectivity index is 1.65. The lowest BCUT2D eigenvalue weighted by atomic mass is 10.2. The normalized spacial score (nSPS) is 22.0. The van der Waals surface area contributed by atoms with Gasteiger partial charge in [-0.15, -0.1) is 0 Å². The zero-order valence-electron chi connectivity index (χ0n) is 15.5. The number of imidazole rings is 1. The second-order valence-corrected chi connectivity index (χ2v) is 8.39. The smallest absolute Gasteiger partial charge is 0.335 e. The summed E-state index contributed by atoms with van der Waals surface area (Å²) < 4.78 is 34.7. The lowest BCUT2D eigenvalue weighted by Crippen LogP contribution is -2.41. The van der Waals surface area contributed by atoms with E-state index in [9.17, 15) is 18.1 Å². The predicted molar refractivity (Wildman–Crippen MR) is 105 cm³/mol. The lowest BCUT2D eigenvalue weighted by Gasteiger charge is -2.23.